The predicted molar refractivity (Wildman–Crippen MR) is 159 cm³/mol. The molecule has 0 aromatic rings. The van der Waals surface area contributed by atoms with Gasteiger partial charge in [-0.3, -0.25) is 0 Å². The zero-order valence-corrected chi connectivity index (χ0v) is 24.6. The smallest absolute Gasteiger partial charge is 0.0893 e. The lowest BCUT2D eigenvalue weighted by Crippen LogP contribution is -2.26. The average Bonchev–Trinajstić information content (AvgIpc) is 3.32. The van der Waals surface area contributed by atoms with Gasteiger partial charge in [-0.05, 0) is 12.8 Å². The molecule has 35 heavy (non-hydrogen) atoms. The van der Waals surface area contributed by atoms with E-state index in [0.29, 0.717) is 0 Å². The molecule has 1 heterocycles. The normalized spacial score (nSPS) is 13.4. The van der Waals surface area contributed by atoms with Crippen LogP contribution >= 0.6 is 0 Å². The summed E-state index contributed by atoms with van der Waals surface area (Å²) in [7, 11) is 0. The second kappa shape index (κ2) is 26.4. The molecule has 0 saturated carbocycles. The molecule has 0 radical (unpaired) electrons. The molecule has 0 amide bonds. The monoisotopic (exact) mass is 491 g/mol. The Hall–Kier alpha value is -0.660. The first-order valence-corrected chi connectivity index (χ1v) is 16.5. The molecular weight excluding hydrogens is 424 g/mol. The fourth-order valence-electron chi connectivity index (χ4n) is 5.47. The Morgan fingerprint density at radius 2 is 0.571 bits per heavy atom. The second-order valence-electron chi connectivity index (χ2n) is 11.5. The lowest BCUT2D eigenvalue weighted by Gasteiger charge is -2.21. The van der Waals surface area contributed by atoms with E-state index < -0.39 is 0 Å². The van der Waals surface area contributed by atoms with Crippen LogP contribution < -0.4 is 0 Å². The summed E-state index contributed by atoms with van der Waals surface area (Å²) in [6.07, 6.45) is 42.2. The van der Waals surface area contributed by atoms with Gasteiger partial charge in [-0.2, -0.15) is 0 Å². The molecule has 1 aliphatic rings. The molecule has 1 rings (SSSR count). The minimum absolute atomic E-state index is 1.14. The van der Waals surface area contributed by atoms with Crippen molar-refractivity contribution in [3.05, 3.63) is 12.4 Å². The standard InChI is InChI=1S/C33H66N2/c1-3-5-7-9-11-13-15-17-19-21-23-25-27-29-34-31-32-35(33-34)30-28-26-24-22-20-18-16-14-12-10-8-6-4-2/h31-32H,3-30,33H2,1-2H3. The third-order valence-corrected chi connectivity index (χ3v) is 7.95. The van der Waals surface area contributed by atoms with E-state index in [0.717, 1.165) is 6.67 Å². The molecule has 0 aliphatic carbocycles. The minimum Gasteiger partial charge on any atom is -0.359 e. The topological polar surface area (TPSA) is 6.48 Å². The number of rotatable bonds is 28. The van der Waals surface area contributed by atoms with Crippen LogP contribution in [-0.2, 0) is 0 Å². The lowest BCUT2D eigenvalue weighted by molar-refractivity contribution is 0.257. The van der Waals surface area contributed by atoms with Crippen molar-refractivity contribution in [2.45, 2.75) is 181 Å². The molecule has 0 aromatic heterocycles. The average molecular weight is 491 g/mol. The maximum atomic E-state index is 2.53. The first-order valence-electron chi connectivity index (χ1n) is 16.5. The Labute approximate surface area is 222 Å². The fourth-order valence-corrected chi connectivity index (χ4v) is 5.47. The van der Waals surface area contributed by atoms with Crippen LogP contribution in [0.2, 0.25) is 0 Å². The maximum absolute atomic E-state index is 2.53. The van der Waals surface area contributed by atoms with Gasteiger partial charge in [0.2, 0.25) is 0 Å². The molecule has 2 heteroatoms. The van der Waals surface area contributed by atoms with Crippen LogP contribution in [0.1, 0.15) is 181 Å². The Kier molecular flexibility index (Phi) is 24.4. The maximum Gasteiger partial charge on any atom is 0.0893 e. The van der Waals surface area contributed by atoms with E-state index in [4.69, 9.17) is 0 Å². The van der Waals surface area contributed by atoms with Gasteiger partial charge in [0.1, 0.15) is 0 Å². The van der Waals surface area contributed by atoms with E-state index in [1.165, 1.54) is 180 Å². The van der Waals surface area contributed by atoms with Crippen molar-refractivity contribution in [3.63, 3.8) is 0 Å². The SMILES string of the molecule is CCCCCCCCCCCCCCCN1C=CN(CCCCCCCCCCCCCCC)C1. The van der Waals surface area contributed by atoms with Crippen LogP contribution in [0.15, 0.2) is 12.4 Å². The van der Waals surface area contributed by atoms with E-state index in [-0.39, 0.29) is 0 Å². The van der Waals surface area contributed by atoms with Gasteiger partial charge < -0.3 is 9.80 Å². The molecule has 0 fully saturated rings. The summed E-state index contributed by atoms with van der Waals surface area (Å²) in [6.45, 7) is 8.25. The first-order chi connectivity index (χ1) is 17.4. The molecule has 2 nitrogen and oxygen atoms in total. The third kappa shape index (κ3) is 22.3. The van der Waals surface area contributed by atoms with E-state index in [2.05, 4.69) is 36.0 Å². The van der Waals surface area contributed by atoms with Gasteiger partial charge in [0.25, 0.3) is 0 Å². The van der Waals surface area contributed by atoms with Crippen molar-refractivity contribution in [1.82, 2.24) is 9.80 Å². The zero-order chi connectivity index (χ0) is 25.1. The summed E-state index contributed by atoms with van der Waals surface area (Å²) >= 11 is 0. The number of hydrogen-bond acceptors (Lipinski definition) is 2. The highest BCUT2D eigenvalue weighted by Crippen LogP contribution is 2.15. The van der Waals surface area contributed by atoms with Gasteiger partial charge in [-0.15, -0.1) is 0 Å². The van der Waals surface area contributed by atoms with Crippen LogP contribution in [0.25, 0.3) is 0 Å². The Bertz CT molecular complexity index is 395. The molecule has 0 aromatic carbocycles. The van der Waals surface area contributed by atoms with Crippen molar-refractivity contribution in [2.24, 2.45) is 0 Å². The van der Waals surface area contributed by atoms with Crippen LogP contribution in [0.4, 0.5) is 0 Å². The molecular formula is C33H66N2. The predicted octanol–water partition coefficient (Wildman–Crippen LogP) is 11.2. The summed E-state index contributed by atoms with van der Waals surface area (Å²) in [4.78, 5) is 5.06. The number of hydrogen-bond donors (Lipinski definition) is 0. The summed E-state index contributed by atoms with van der Waals surface area (Å²) in [5.41, 5.74) is 0. The van der Waals surface area contributed by atoms with Crippen LogP contribution in [-0.4, -0.2) is 29.6 Å². The van der Waals surface area contributed by atoms with E-state index in [9.17, 15) is 0 Å². The van der Waals surface area contributed by atoms with Crippen molar-refractivity contribution < 1.29 is 0 Å². The van der Waals surface area contributed by atoms with Crippen molar-refractivity contribution in [2.75, 3.05) is 19.8 Å². The van der Waals surface area contributed by atoms with Gasteiger partial charge in [0.15, 0.2) is 0 Å². The molecule has 0 spiro atoms. The van der Waals surface area contributed by atoms with Crippen molar-refractivity contribution in [3.8, 4) is 0 Å². The molecule has 208 valence electrons. The van der Waals surface area contributed by atoms with Crippen molar-refractivity contribution in [1.29, 1.82) is 0 Å². The van der Waals surface area contributed by atoms with Gasteiger partial charge in [0.05, 0.1) is 6.67 Å². The van der Waals surface area contributed by atoms with Gasteiger partial charge in [0, 0.05) is 25.5 Å². The van der Waals surface area contributed by atoms with Gasteiger partial charge in [-0.25, -0.2) is 0 Å². The minimum atomic E-state index is 1.14. The van der Waals surface area contributed by atoms with E-state index in [1.807, 2.05) is 0 Å². The lowest BCUT2D eigenvalue weighted by atomic mass is 10.0. The Balaban J connectivity index is 1.76. The summed E-state index contributed by atoms with van der Waals surface area (Å²) < 4.78 is 0. The summed E-state index contributed by atoms with van der Waals surface area (Å²) in [5.74, 6) is 0. The van der Waals surface area contributed by atoms with E-state index >= 15 is 0 Å². The van der Waals surface area contributed by atoms with Crippen LogP contribution in [0.5, 0.6) is 0 Å². The highest BCUT2D eigenvalue weighted by atomic mass is 15.3. The molecule has 0 N–H and O–H groups in total. The second-order valence-corrected chi connectivity index (χ2v) is 11.5. The molecule has 0 atom stereocenters. The third-order valence-electron chi connectivity index (χ3n) is 7.95. The highest BCUT2D eigenvalue weighted by Gasteiger charge is 2.10. The summed E-state index contributed by atoms with van der Waals surface area (Å²) in [5, 5.41) is 0. The Morgan fingerprint density at radius 1 is 0.343 bits per heavy atom. The molecule has 0 saturated heterocycles. The molecule has 0 bridgehead atoms. The van der Waals surface area contributed by atoms with Gasteiger partial charge >= 0.3 is 0 Å². The fraction of sp³-hybridized carbons (Fsp3) is 0.939. The Morgan fingerprint density at radius 3 is 0.829 bits per heavy atom. The van der Waals surface area contributed by atoms with Gasteiger partial charge in [-0.1, -0.05) is 168 Å². The zero-order valence-electron chi connectivity index (χ0n) is 24.6. The molecule has 1 aliphatic heterocycles. The molecule has 0 unspecified atom stereocenters. The van der Waals surface area contributed by atoms with Crippen LogP contribution in [0.3, 0.4) is 0 Å². The van der Waals surface area contributed by atoms with Crippen molar-refractivity contribution >= 4 is 0 Å². The largest absolute Gasteiger partial charge is 0.359 e. The number of unbranched alkanes of at least 4 members (excludes halogenated alkanes) is 24. The van der Waals surface area contributed by atoms with Crippen LogP contribution in [0, 0.1) is 0 Å². The first kappa shape index (κ1) is 32.4. The highest BCUT2D eigenvalue weighted by molar-refractivity contribution is 4.90. The quantitative estimate of drug-likeness (QED) is 0.101. The number of nitrogens with zero attached hydrogens (tertiary/aromatic N) is 2. The van der Waals surface area contributed by atoms with E-state index in [1.54, 1.807) is 0 Å². The summed E-state index contributed by atoms with van der Waals surface area (Å²) in [6, 6.07) is 0.